The Kier molecular flexibility index (Phi) is 4.27. The van der Waals surface area contributed by atoms with Crippen LogP contribution in [0.5, 0.6) is 0 Å². The van der Waals surface area contributed by atoms with Crippen molar-refractivity contribution in [1.29, 1.82) is 0 Å². The normalized spacial score (nSPS) is 11.0. The number of aromatic nitrogens is 2. The fourth-order valence-electron chi connectivity index (χ4n) is 2.60. The summed E-state index contributed by atoms with van der Waals surface area (Å²) in [5, 5.41) is 10.0. The largest absolute Gasteiger partial charge is 0.478 e. The van der Waals surface area contributed by atoms with Gasteiger partial charge in [0.05, 0.1) is 22.5 Å². The van der Waals surface area contributed by atoms with Gasteiger partial charge in [-0.2, -0.15) is 0 Å². The van der Waals surface area contributed by atoms with Gasteiger partial charge in [-0.15, -0.1) is 0 Å². The first-order valence-corrected chi connectivity index (χ1v) is 7.99. The topological polar surface area (TPSA) is 92.3 Å². The summed E-state index contributed by atoms with van der Waals surface area (Å²) in [5.74, 6) is -0.498. The molecule has 0 saturated heterocycles. The van der Waals surface area contributed by atoms with Crippen molar-refractivity contribution in [2.75, 3.05) is 17.7 Å². The highest BCUT2D eigenvalue weighted by atomic mass is 16.4. The molecule has 3 rings (SSSR count). The van der Waals surface area contributed by atoms with Gasteiger partial charge in [0, 0.05) is 30.2 Å². The second kappa shape index (κ2) is 6.39. The molecule has 0 unspecified atom stereocenters. The first-order chi connectivity index (χ1) is 11.9. The van der Waals surface area contributed by atoms with Gasteiger partial charge in [-0.3, -0.25) is 0 Å². The molecule has 3 N–H and O–H groups in total. The quantitative estimate of drug-likeness (QED) is 0.758. The Morgan fingerprint density at radius 2 is 1.96 bits per heavy atom. The minimum Gasteiger partial charge on any atom is -0.478 e. The van der Waals surface area contributed by atoms with E-state index in [1.807, 2.05) is 19.2 Å². The Morgan fingerprint density at radius 1 is 1.20 bits per heavy atom. The lowest BCUT2D eigenvalue weighted by molar-refractivity contribution is 0.0697. The lowest BCUT2D eigenvalue weighted by Gasteiger charge is -2.26. The molecular weight excluding hydrogens is 316 g/mol. The van der Waals surface area contributed by atoms with Crippen molar-refractivity contribution in [3.8, 4) is 11.3 Å². The highest BCUT2D eigenvalue weighted by Crippen LogP contribution is 2.33. The number of nitrogens with two attached hydrogens (primary N) is 1. The Balaban J connectivity index is 2.26. The van der Waals surface area contributed by atoms with Crippen molar-refractivity contribution in [1.82, 2.24) is 9.97 Å². The van der Waals surface area contributed by atoms with Crippen LogP contribution in [0.1, 0.15) is 24.2 Å². The van der Waals surface area contributed by atoms with Gasteiger partial charge in [-0.1, -0.05) is 0 Å². The van der Waals surface area contributed by atoms with Crippen LogP contribution in [0.3, 0.4) is 0 Å². The number of fused-ring (bicyclic) bond motifs is 1. The van der Waals surface area contributed by atoms with E-state index >= 15 is 0 Å². The summed E-state index contributed by atoms with van der Waals surface area (Å²) in [6.45, 7) is 4.17. The fraction of sp³-hybridized carbons (Fsp3) is 0.211. The lowest BCUT2D eigenvalue weighted by Crippen LogP contribution is -2.26. The monoisotopic (exact) mass is 336 g/mol. The van der Waals surface area contributed by atoms with Crippen LogP contribution < -0.4 is 10.6 Å². The number of rotatable bonds is 4. The second-order valence-electron chi connectivity index (χ2n) is 6.25. The number of nitrogens with zero attached hydrogens (tertiary/aromatic N) is 3. The number of pyridine rings is 2. The molecule has 0 atom stereocenters. The van der Waals surface area contributed by atoms with Crippen LogP contribution in [-0.2, 0) is 0 Å². The Hall–Kier alpha value is -3.15. The summed E-state index contributed by atoms with van der Waals surface area (Å²) in [5.41, 5.74) is 9.23. The predicted molar refractivity (Wildman–Crippen MR) is 99.9 cm³/mol. The molecule has 0 amide bonds. The molecule has 2 aromatic heterocycles. The van der Waals surface area contributed by atoms with E-state index in [9.17, 15) is 9.90 Å². The van der Waals surface area contributed by atoms with E-state index in [4.69, 9.17) is 10.7 Å². The number of nitrogen functional groups attached to an aromatic ring is 1. The number of benzene rings is 1. The highest BCUT2D eigenvalue weighted by Gasteiger charge is 2.16. The zero-order chi connectivity index (χ0) is 18.1. The third kappa shape index (κ3) is 3.24. The van der Waals surface area contributed by atoms with E-state index in [2.05, 4.69) is 23.7 Å². The van der Waals surface area contributed by atoms with Gasteiger partial charge < -0.3 is 15.7 Å². The Labute approximate surface area is 145 Å². The van der Waals surface area contributed by atoms with E-state index in [0.717, 1.165) is 27.8 Å². The van der Waals surface area contributed by atoms with Gasteiger partial charge in [-0.05, 0) is 50.2 Å². The number of hydrogen-bond donors (Lipinski definition) is 2. The molecule has 0 fully saturated rings. The number of anilines is 2. The van der Waals surface area contributed by atoms with Crippen molar-refractivity contribution in [2.24, 2.45) is 0 Å². The second-order valence-corrected chi connectivity index (χ2v) is 6.25. The van der Waals surface area contributed by atoms with Crippen LogP contribution in [0.4, 0.5) is 11.5 Å². The average Bonchev–Trinajstić information content (AvgIpc) is 2.60. The molecule has 0 aliphatic heterocycles. The van der Waals surface area contributed by atoms with Crippen molar-refractivity contribution in [3.05, 3.63) is 48.2 Å². The van der Waals surface area contributed by atoms with Gasteiger partial charge >= 0.3 is 5.97 Å². The van der Waals surface area contributed by atoms with Gasteiger partial charge in [0.15, 0.2) is 0 Å². The standard InChI is InChI=1S/C19H20N4O2/c1-11(2)23(3)16-9-14-8-12(19(24)25)4-6-15(14)22-18(16)13-5-7-17(20)21-10-13/h4-11H,1-3H3,(H2,20,21)(H,24,25). The molecule has 25 heavy (non-hydrogen) atoms. The van der Waals surface area contributed by atoms with E-state index in [1.165, 1.54) is 0 Å². The van der Waals surface area contributed by atoms with Crippen molar-refractivity contribution >= 4 is 28.4 Å². The summed E-state index contributed by atoms with van der Waals surface area (Å²) in [7, 11) is 1.99. The van der Waals surface area contributed by atoms with Gasteiger partial charge in [0.2, 0.25) is 0 Å². The Bertz CT molecular complexity index is 936. The molecule has 0 aliphatic rings. The van der Waals surface area contributed by atoms with Crippen LogP contribution in [-0.4, -0.2) is 34.1 Å². The molecule has 0 bridgehead atoms. The number of hydrogen-bond acceptors (Lipinski definition) is 5. The number of aromatic carboxylic acids is 1. The van der Waals surface area contributed by atoms with E-state index in [-0.39, 0.29) is 11.6 Å². The minimum absolute atomic E-state index is 0.245. The third-order valence-electron chi connectivity index (χ3n) is 4.26. The van der Waals surface area contributed by atoms with Gasteiger partial charge in [0.1, 0.15) is 5.82 Å². The van der Waals surface area contributed by atoms with Crippen LogP contribution in [0.25, 0.3) is 22.2 Å². The first-order valence-electron chi connectivity index (χ1n) is 7.99. The van der Waals surface area contributed by atoms with Crippen molar-refractivity contribution < 1.29 is 9.90 Å². The average molecular weight is 336 g/mol. The zero-order valence-corrected chi connectivity index (χ0v) is 14.4. The predicted octanol–water partition coefficient (Wildman–Crippen LogP) is 3.42. The lowest BCUT2D eigenvalue weighted by atomic mass is 10.1. The van der Waals surface area contributed by atoms with Crippen LogP contribution in [0.15, 0.2) is 42.6 Å². The molecule has 0 saturated carbocycles. The summed E-state index contributed by atoms with van der Waals surface area (Å²) in [6.07, 6.45) is 1.70. The summed E-state index contributed by atoms with van der Waals surface area (Å²) >= 11 is 0. The molecule has 3 aromatic rings. The molecule has 6 heteroatoms. The maximum Gasteiger partial charge on any atom is 0.335 e. The molecule has 128 valence electrons. The van der Waals surface area contributed by atoms with Crippen molar-refractivity contribution in [2.45, 2.75) is 19.9 Å². The minimum atomic E-state index is -0.951. The fourth-order valence-corrected chi connectivity index (χ4v) is 2.60. The van der Waals surface area contributed by atoms with Gasteiger partial charge in [0.25, 0.3) is 0 Å². The number of carbonyl (C=O) groups is 1. The molecular formula is C19H20N4O2. The summed E-state index contributed by atoms with van der Waals surface area (Å²) in [6, 6.07) is 10.8. The van der Waals surface area contributed by atoms with Crippen LogP contribution >= 0.6 is 0 Å². The van der Waals surface area contributed by atoms with Crippen LogP contribution in [0.2, 0.25) is 0 Å². The number of carboxylic acids is 1. The molecule has 0 spiro atoms. The van der Waals surface area contributed by atoms with E-state index in [0.29, 0.717) is 5.82 Å². The summed E-state index contributed by atoms with van der Waals surface area (Å²) in [4.78, 5) is 22.3. The Morgan fingerprint density at radius 3 is 2.56 bits per heavy atom. The molecule has 2 heterocycles. The molecule has 0 aliphatic carbocycles. The third-order valence-corrected chi connectivity index (χ3v) is 4.26. The number of carboxylic acid groups (broad SMARTS) is 1. The first kappa shape index (κ1) is 16.7. The SMILES string of the molecule is CC(C)N(C)c1cc2cc(C(=O)O)ccc2nc1-c1ccc(N)nc1. The summed E-state index contributed by atoms with van der Waals surface area (Å²) < 4.78 is 0. The smallest absolute Gasteiger partial charge is 0.335 e. The molecule has 0 radical (unpaired) electrons. The van der Waals surface area contributed by atoms with Crippen molar-refractivity contribution in [3.63, 3.8) is 0 Å². The highest BCUT2D eigenvalue weighted by molar-refractivity contribution is 5.96. The molecule has 6 nitrogen and oxygen atoms in total. The zero-order valence-electron chi connectivity index (χ0n) is 14.4. The van der Waals surface area contributed by atoms with Gasteiger partial charge in [-0.25, -0.2) is 14.8 Å². The van der Waals surface area contributed by atoms with E-state index in [1.54, 1.807) is 30.5 Å². The van der Waals surface area contributed by atoms with E-state index < -0.39 is 5.97 Å². The maximum absolute atomic E-state index is 11.2. The molecule has 1 aromatic carbocycles. The van der Waals surface area contributed by atoms with Crippen LogP contribution in [0, 0.1) is 0 Å². The maximum atomic E-state index is 11.2.